The van der Waals surface area contributed by atoms with Crippen LogP contribution in [0.2, 0.25) is 0 Å². The lowest BCUT2D eigenvalue weighted by Gasteiger charge is -2.63. The molecule has 59 heavy (non-hydrogen) atoms. The molecule has 13 nitrogen and oxygen atoms in total. The molecule has 9 rings (SSSR count). The number of piperidine rings is 1. The number of carbonyl (C=O) groups is 3. The molecule has 1 saturated carbocycles. The van der Waals surface area contributed by atoms with Crippen molar-refractivity contribution < 1.29 is 43.5 Å². The zero-order chi connectivity index (χ0) is 41.9. The Labute approximate surface area is 345 Å². The normalized spacial score (nSPS) is 37.0. The van der Waals surface area contributed by atoms with Crippen LogP contribution in [0.5, 0.6) is 5.75 Å². The largest absolute Gasteiger partial charge is 0.496 e. The van der Waals surface area contributed by atoms with E-state index in [0.717, 1.165) is 33.4 Å². The van der Waals surface area contributed by atoms with Crippen LogP contribution in [0.4, 0.5) is 5.69 Å². The Hall–Kier alpha value is -4.43. The summed E-state index contributed by atoms with van der Waals surface area (Å²) in [7, 11) is 4.92. The zero-order valence-electron chi connectivity index (χ0n) is 35.3. The van der Waals surface area contributed by atoms with Crippen LogP contribution >= 0.6 is 0 Å². The molecule has 6 heterocycles. The van der Waals surface area contributed by atoms with Crippen molar-refractivity contribution >= 4 is 34.5 Å². The second kappa shape index (κ2) is 13.8. The van der Waals surface area contributed by atoms with Gasteiger partial charge in [-0.2, -0.15) is 0 Å². The molecule has 316 valence electrons. The summed E-state index contributed by atoms with van der Waals surface area (Å²) in [5.41, 5.74) is 0.799. The number of H-pyrrole nitrogens is 1. The van der Waals surface area contributed by atoms with Crippen molar-refractivity contribution in [2.75, 3.05) is 58.9 Å². The zero-order valence-corrected chi connectivity index (χ0v) is 35.3. The van der Waals surface area contributed by atoms with E-state index in [1.807, 2.05) is 50.1 Å². The number of likely N-dealkylation sites (N-methyl/N-ethyl adjacent to an activating group) is 1. The van der Waals surface area contributed by atoms with Crippen molar-refractivity contribution in [3.05, 3.63) is 70.9 Å². The fourth-order valence-corrected chi connectivity index (χ4v) is 13.4. The van der Waals surface area contributed by atoms with E-state index in [0.29, 0.717) is 82.6 Å². The predicted molar refractivity (Wildman–Crippen MR) is 220 cm³/mol. The molecule has 2 saturated heterocycles. The third kappa shape index (κ3) is 5.39. The van der Waals surface area contributed by atoms with E-state index >= 15 is 4.79 Å². The number of aliphatic hydroxyl groups is 2. The van der Waals surface area contributed by atoms with Crippen LogP contribution in [-0.2, 0) is 45.8 Å². The number of ether oxygens (including phenoxy) is 4. The van der Waals surface area contributed by atoms with Crippen LogP contribution in [0.25, 0.3) is 10.9 Å². The van der Waals surface area contributed by atoms with Gasteiger partial charge in [-0.05, 0) is 74.2 Å². The van der Waals surface area contributed by atoms with Gasteiger partial charge in [0, 0.05) is 97.9 Å². The lowest BCUT2D eigenvalue weighted by atomic mass is 9.50. The first-order valence-corrected chi connectivity index (χ1v) is 21.3. The molecule has 3 fully saturated rings. The van der Waals surface area contributed by atoms with Gasteiger partial charge >= 0.3 is 17.9 Å². The fourth-order valence-electron chi connectivity index (χ4n) is 13.4. The summed E-state index contributed by atoms with van der Waals surface area (Å²) in [6.45, 7) is 9.94. The van der Waals surface area contributed by atoms with E-state index in [2.05, 4.69) is 39.1 Å². The highest BCUT2D eigenvalue weighted by atomic mass is 16.7. The fraction of sp³-hybridized carbons (Fsp3) is 0.587. The van der Waals surface area contributed by atoms with E-state index in [1.165, 1.54) is 21.0 Å². The molecule has 3 aromatic rings. The summed E-state index contributed by atoms with van der Waals surface area (Å²) in [4.78, 5) is 51.9. The van der Waals surface area contributed by atoms with Crippen molar-refractivity contribution in [3.8, 4) is 5.75 Å². The number of anilines is 1. The number of hydrogen-bond acceptors (Lipinski definition) is 12. The Kier molecular flexibility index (Phi) is 9.36. The van der Waals surface area contributed by atoms with E-state index in [9.17, 15) is 19.8 Å². The van der Waals surface area contributed by atoms with Crippen LogP contribution in [0.1, 0.15) is 82.2 Å². The number of nitrogens with zero attached hydrogens (tertiary/aromatic N) is 3. The molecule has 6 aliphatic rings. The molecule has 13 heteroatoms. The highest BCUT2D eigenvalue weighted by Gasteiger charge is 2.79. The molecule has 0 radical (unpaired) electrons. The number of rotatable bonds is 7. The lowest BCUT2D eigenvalue weighted by molar-refractivity contribution is -0.309. The van der Waals surface area contributed by atoms with Crippen molar-refractivity contribution in [1.82, 2.24) is 14.8 Å². The standard InChI is InChI=1S/C46H58N4O9/c1-8-42(54)23-29-24-45(41(53)57-7,37-31(15-19-49(25-29)26-42)30-13-10-11-14-34(30)47-37)33-21-32-35(22-36(33)56-6)48(5)39-44(32)17-20-50-18-12-16-43(9-2,38(44)50)40(58-27(3)51)46(39,55)59-28(4)52/h10-14,16,21-22,29,38-40,47,54-55H,8-9,15,17-20,23-26H2,1-7H3/t29?,38?,39?,40-,42+,43-,44?,45+,46-/m1/s1. The number of nitrogens with one attached hydrogen (secondary N) is 1. The van der Waals surface area contributed by atoms with Gasteiger partial charge in [-0.3, -0.25) is 24.2 Å². The number of hydrogen-bond donors (Lipinski definition) is 3. The number of esters is 3. The average Bonchev–Trinajstić information content (AvgIpc) is 3.87. The van der Waals surface area contributed by atoms with Crippen LogP contribution in [0.3, 0.4) is 0 Å². The van der Waals surface area contributed by atoms with Gasteiger partial charge < -0.3 is 39.0 Å². The first kappa shape index (κ1) is 40.0. The minimum Gasteiger partial charge on any atom is -0.496 e. The lowest BCUT2D eigenvalue weighted by Crippen LogP contribution is -2.80. The maximum atomic E-state index is 15.3. The third-order valence-corrected chi connectivity index (χ3v) is 15.3. The maximum absolute atomic E-state index is 15.3. The predicted octanol–water partition coefficient (Wildman–Crippen LogP) is 4.34. The molecule has 5 unspecified atom stereocenters. The number of aromatic nitrogens is 1. The number of benzene rings is 2. The molecule has 0 amide bonds. The van der Waals surface area contributed by atoms with Gasteiger partial charge in [0.1, 0.15) is 17.2 Å². The third-order valence-electron chi connectivity index (χ3n) is 15.3. The number of carbonyl (C=O) groups excluding carboxylic acids is 3. The van der Waals surface area contributed by atoms with E-state index in [4.69, 9.17) is 18.9 Å². The summed E-state index contributed by atoms with van der Waals surface area (Å²) in [6, 6.07) is 11.0. The van der Waals surface area contributed by atoms with Gasteiger partial charge in [0.25, 0.3) is 5.79 Å². The SMILES string of the molecule is CC[C@]1(O)CC2CN(CCc3c([nH]c4ccccc34)[C@@](C(=O)OC)(c3cc4c(cc3OC)N(C)C3C45CCN4CC=C[C@](CC)(C45)[C@@H](OC(C)=O)[C@]3(O)OC(C)=O)C2)C1. The van der Waals surface area contributed by atoms with Gasteiger partial charge in [-0.1, -0.05) is 44.2 Å². The number of para-hydroxylation sites is 1. The summed E-state index contributed by atoms with van der Waals surface area (Å²) < 4.78 is 24.6. The second-order valence-corrected chi connectivity index (χ2v) is 18.2. The first-order chi connectivity index (χ1) is 28.2. The Bertz CT molecular complexity index is 2260. The Morgan fingerprint density at radius 2 is 1.75 bits per heavy atom. The van der Waals surface area contributed by atoms with E-state index < -0.39 is 57.7 Å². The average molecular weight is 811 g/mol. The number of fused-ring (bicyclic) bond motifs is 6. The summed E-state index contributed by atoms with van der Waals surface area (Å²) >= 11 is 0. The van der Waals surface area contributed by atoms with E-state index in [1.54, 1.807) is 7.11 Å². The van der Waals surface area contributed by atoms with Gasteiger partial charge in [0.15, 0.2) is 6.10 Å². The molecule has 1 spiro atoms. The van der Waals surface area contributed by atoms with Gasteiger partial charge in [-0.15, -0.1) is 0 Å². The smallest absolute Gasteiger partial charge is 0.322 e. The molecule has 1 aliphatic carbocycles. The van der Waals surface area contributed by atoms with Gasteiger partial charge in [0.05, 0.1) is 19.8 Å². The summed E-state index contributed by atoms with van der Waals surface area (Å²) in [5.74, 6) is -3.63. The molecular weight excluding hydrogens is 753 g/mol. The van der Waals surface area contributed by atoms with Gasteiger partial charge in [0.2, 0.25) is 0 Å². The van der Waals surface area contributed by atoms with Crippen LogP contribution in [0, 0.1) is 11.3 Å². The van der Waals surface area contributed by atoms with Crippen LogP contribution in [-0.4, -0.2) is 126 Å². The molecule has 2 bridgehead atoms. The van der Waals surface area contributed by atoms with Gasteiger partial charge in [-0.25, -0.2) is 0 Å². The molecule has 10 atom stereocenters. The van der Waals surface area contributed by atoms with Crippen LogP contribution in [0.15, 0.2) is 48.6 Å². The highest BCUT2D eigenvalue weighted by Crippen LogP contribution is 2.68. The number of methoxy groups -OCH3 is 2. The second-order valence-electron chi connectivity index (χ2n) is 18.2. The Balaban J connectivity index is 1.36. The van der Waals surface area contributed by atoms with Crippen molar-refractivity contribution in [2.45, 2.75) is 107 Å². The Morgan fingerprint density at radius 1 is 0.966 bits per heavy atom. The summed E-state index contributed by atoms with van der Waals surface area (Å²) in [6.07, 6.45) is 6.06. The molecule has 3 N–H and O–H groups in total. The quantitative estimate of drug-likeness (QED) is 0.135. The van der Waals surface area contributed by atoms with Crippen LogP contribution < -0.4 is 9.64 Å². The summed E-state index contributed by atoms with van der Waals surface area (Å²) in [5, 5.41) is 26.3. The maximum Gasteiger partial charge on any atom is 0.322 e. The molecule has 2 aromatic carbocycles. The monoisotopic (exact) mass is 810 g/mol. The number of aromatic amines is 1. The van der Waals surface area contributed by atoms with Crippen molar-refractivity contribution in [1.29, 1.82) is 0 Å². The molecule has 1 aromatic heterocycles. The highest BCUT2D eigenvalue weighted by molar-refractivity contribution is 5.94. The van der Waals surface area contributed by atoms with E-state index in [-0.39, 0.29) is 12.0 Å². The molecule has 5 aliphatic heterocycles. The first-order valence-electron chi connectivity index (χ1n) is 21.3. The topological polar surface area (TPSA) is 154 Å². The van der Waals surface area contributed by atoms with Crippen molar-refractivity contribution in [2.24, 2.45) is 11.3 Å². The van der Waals surface area contributed by atoms with Crippen molar-refractivity contribution in [3.63, 3.8) is 0 Å². The minimum atomic E-state index is -2.28. The molecular formula is C46H58N4O9. The minimum absolute atomic E-state index is 0.0943. The Morgan fingerprint density at radius 3 is 2.44 bits per heavy atom.